The number of anilines is 1. The Morgan fingerprint density at radius 3 is 2.65 bits per heavy atom. The Bertz CT molecular complexity index is 591. The molecule has 5 heteroatoms. The van der Waals surface area contributed by atoms with Gasteiger partial charge in [-0.1, -0.05) is 25.1 Å². The van der Waals surface area contributed by atoms with E-state index < -0.39 is 5.91 Å². The summed E-state index contributed by atoms with van der Waals surface area (Å²) in [6.45, 7) is 1.92. The van der Waals surface area contributed by atoms with E-state index in [9.17, 15) is 9.59 Å². The molecule has 20 heavy (non-hydrogen) atoms. The summed E-state index contributed by atoms with van der Waals surface area (Å²) in [7, 11) is 0. The van der Waals surface area contributed by atoms with Crippen molar-refractivity contribution < 1.29 is 14.0 Å². The van der Waals surface area contributed by atoms with Gasteiger partial charge in [0, 0.05) is 5.69 Å². The van der Waals surface area contributed by atoms with Gasteiger partial charge in [0.2, 0.25) is 5.91 Å². The molecule has 0 unspecified atom stereocenters. The second-order valence-corrected chi connectivity index (χ2v) is 4.22. The third-order valence-electron chi connectivity index (χ3n) is 2.83. The number of hydrogen-bond donors (Lipinski definition) is 2. The molecule has 2 N–H and O–H groups in total. The highest BCUT2D eigenvalue weighted by atomic mass is 16.3. The van der Waals surface area contributed by atoms with Gasteiger partial charge in [-0.05, 0) is 30.2 Å². The zero-order chi connectivity index (χ0) is 14.4. The summed E-state index contributed by atoms with van der Waals surface area (Å²) in [4.78, 5) is 23.4. The van der Waals surface area contributed by atoms with Crippen LogP contribution in [0.2, 0.25) is 0 Å². The largest absolute Gasteiger partial charge is 0.459 e. The molecule has 2 amide bonds. The lowest BCUT2D eigenvalue weighted by Crippen LogP contribution is -2.32. The molecule has 0 bridgehead atoms. The summed E-state index contributed by atoms with van der Waals surface area (Å²) in [5, 5.41) is 5.28. The number of hydrogen-bond acceptors (Lipinski definition) is 3. The minimum absolute atomic E-state index is 0.0996. The number of furan rings is 1. The lowest BCUT2D eigenvalue weighted by atomic mass is 10.1. The number of carbonyl (C=O) groups excluding carboxylic acids is 2. The maximum Gasteiger partial charge on any atom is 0.287 e. The van der Waals surface area contributed by atoms with Crippen molar-refractivity contribution in [1.29, 1.82) is 0 Å². The third-order valence-corrected chi connectivity index (χ3v) is 2.83. The van der Waals surface area contributed by atoms with Crippen molar-refractivity contribution in [3.05, 3.63) is 54.0 Å². The smallest absolute Gasteiger partial charge is 0.287 e. The zero-order valence-electron chi connectivity index (χ0n) is 11.2. The molecule has 0 atom stereocenters. The lowest BCUT2D eigenvalue weighted by Gasteiger charge is -2.09. The molecule has 2 aromatic rings. The van der Waals surface area contributed by atoms with Crippen LogP contribution in [0, 0.1) is 0 Å². The van der Waals surface area contributed by atoms with Crippen molar-refractivity contribution in [1.82, 2.24) is 5.32 Å². The molecule has 0 aliphatic heterocycles. The van der Waals surface area contributed by atoms with Gasteiger partial charge in [0.05, 0.1) is 12.8 Å². The van der Waals surface area contributed by atoms with E-state index in [1.54, 1.807) is 12.1 Å². The number of para-hydroxylation sites is 1. The molecule has 0 fully saturated rings. The number of amides is 2. The quantitative estimate of drug-likeness (QED) is 0.876. The molecule has 2 rings (SSSR count). The molecule has 104 valence electrons. The number of aryl methyl sites for hydroxylation is 1. The van der Waals surface area contributed by atoms with E-state index in [1.807, 2.05) is 31.2 Å². The molecule has 0 aliphatic rings. The van der Waals surface area contributed by atoms with Crippen LogP contribution < -0.4 is 10.6 Å². The molecule has 1 heterocycles. The fourth-order valence-corrected chi connectivity index (χ4v) is 1.80. The molecule has 0 aliphatic carbocycles. The van der Waals surface area contributed by atoms with E-state index in [-0.39, 0.29) is 18.2 Å². The zero-order valence-corrected chi connectivity index (χ0v) is 11.2. The highest BCUT2D eigenvalue weighted by molar-refractivity contribution is 5.98. The van der Waals surface area contributed by atoms with Crippen LogP contribution in [-0.2, 0) is 11.2 Å². The van der Waals surface area contributed by atoms with Gasteiger partial charge in [0.25, 0.3) is 5.91 Å². The minimum Gasteiger partial charge on any atom is -0.459 e. The number of benzene rings is 1. The van der Waals surface area contributed by atoms with Crippen molar-refractivity contribution in [2.24, 2.45) is 0 Å². The number of rotatable bonds is 5. The van der Waals surface area contributed by atoms with Crippen molar-refractivity contribution >= 4 is 17.5 Å². The van der Waals surface area contributed by atoms with Crippen molar-refractivity contribution in [2.45, 2.75) is 13.3 Å². The van der Waals surface area contributed by atoms with Crippen LogP contribution >= 0.6 is 0 Å². The molecule has 0 saturated carbocycles. The predicted molar refractivity (Wildman–Crippen MR) is 75.5 cm³/mol. The molecule has 0 spiro atoms. The second kappa shape index (κ2) is 6.56. The van der Waals surface area contributed by atoms with E-state index >= 15 is 0 Å². The van der Waals surface area contributed by atoms with Gasteiger partial charge in [-0.25, -0.2) is 0 Å². The highest BCUT2D eigenvalue weighted by Crippen LogP contribution is 2.14. The van der Waals surface area contributed by atoms with Gasteiger partial charge in [0.1, 0.15) is 0 Å². The summed E-state index contributed by atoms with van der Waals surface area (Å²) in [5.74, 6) is -0.494. The average Bonchev–Trinajstić information content (AvgIpc) is 2.99. The number of carbonyl (C=O) groups is 2. The maximum absolute atomic E-state index is 11.8. The van der Waals surface area contributed by atoms with Gasteiger partial charge in [0.15, 0.2) is 5.76 Å². The standard InChI is InChI=1S/C15H16N2O3/c1-2-11-6-3-4-7-12(11)17-14(18)10-16-15(19)13-8-5-9-20-13/h3-9H,2,10H2,1H3,(H,16,19)(H,17,18). The van der Waals surface area contributed by atoms with E-state index in [0.717, 1.165) is 17.7 Å². The minimum atomic E-state index is -0.408. The predicted octanol–water partition coefficient (Wildman–Crippen LogP) is 2.21. The Labute approximate surface area is 117 Å². The Morgan fingerprint density at radius 2 is 1.95 bits per heavy atom. The lowest BCUT2D eigenvalue weighted by molar-refractivity contribution is -0.115. The fourth-order valence-electron chi connectivity index (χ4n) is 1.80. The first-order valence-electron chi connectivity index (χ1n) is 6.40. The first kappa shape index (κ1) is 13.9. The van der Waals surface area contributed by atoms with E-state index in [1.165, 1.54) is 6.26 Å². The Morgan fingerprint density at radius 1 is 1.15 bits per heavy atom. The molecule has 1 aromatic heterocycles. The van der Waals surface area contributed by atoms with Crippen LogP contribution in [0.4, 0.5) is 5.69 Å². The van der Waals surface area contributed by atoms with Crippen LogP contribution in [0.25, 0.3) is 0 Å². The van der Waals surface area contributed by atoms with Crippen LogP contribution in [-0.4, -0.2) is 18.4 Å². The summed E-state index contributed by atoms with van der Waals surface area (Å²) < 4.78 is 4.94. The van der Waals surface area contributed by atoms with Crippen LogP contribution in [0.5, 0.6) is 0 Å². The summed E-state index contributed by atoms with van der Waals surface area (Å²) in [6.07, 6.45) is 2.24. The summed E-state index contributed by atoms with van der Waals surface area (Å²) >= 11 is 0. The summed E-state index contributed by atoms with van der Waals surface area (Å²) in [5.41, 5.74) is 1.82. The van der Waals surface area contributed by atoms with Crippen LogP contribution in [0.15, 0.2) is 47.1 Å². The first-order chi connectivity index (χ1) is 9.70. The highest BCUT2D eigenvalue weighted by Gasteiger charge is 2.11. The molecule has 0 radical (unpaired) electrons. The van der Waals surface area contributed by atoms with Crippen molar-refractivity contribution in [2.75, 3.05) is 11.9 Å². The SMILES string of the molecule is CCc1ccccc1NC(=O)CNC(=O)c1ccco1. The van der Waals surface area contributed by atoms with Crippen molar-refractivity contribution in [3.8, 4) is 0 Å². The Balaban J connectivity index is 1.88. The Kier molecular flexibility index (Phi) is 4.55. The second-order valence-electron chi connectivity index (χ2n) is 4.22. The van der Waals surface area contributed by atoms with Crippen LogP contribution in [0.1, 0.15) is 23.0 Å². The molecule has 0 saturated heterocycles. The first-order valence-corrected chi connectivity index (χ1v) is 6.40. The molecular weight excluding hydrogens is 256 g/mol. The van der Waals surface area contributed by atoms with E-state index in [4.69, 9.17) is 4.42 Å². The average molecular weight is 272 g/mol. The van der Waals surface area contributed by atoms with Gasteiger partial charge in [-0.15, -0.1) is 0 Å². The summed E-state index contributed by atoms with van der Waals surface area (Å²) in [6, 6.07) is 10.7. The van der Waals surface area contributed by atoms with E-state index in [2.05, 4.69) is 10.6 Å². The van der Waals surface area contributed by atoms with Gasteiger partial charge >= 0.3 is 0 Å². The van der Waals surface area contributed by atoms with Gasteiger partial charge in [-0.2, -0.15) is 0 Å². The third kappa shape index (κ3) is 3.47. The van der Waals surface area contributed by atoms with Gasteiger partial charge in [-0.3, -0.25) is 9.59 Å². The normalized spacial score (nSPS) is 10.1. The Hall–Kier alpha value is -2.56. The van der Waals surface area contributed by atoms with Crippen molar-refractivity contribution in [3.63, 3.8) is 0 Å². The monoisotopic (exact) mass is 272 g/mol. The topological polar surface area (TPSA) is 71.3 Å². The fraction of sp³-hybridized carbons (Fsp3) is 0.200. The maximum atomic E-state index is 11.8. The van der Waals surface area contributed by atoms with E-state index in [0.29, 0.717) is 0 Å². The molecule has 1 aromatic carbocycles. The van der Waals surface area contributed by atoms with Gasteiger partial charge < -0.3 is 15.1 Å². The number of nitrogens with one attached hydrogen (secondary N) is 2. The van der Waals surface area contributed by atoms with Crippen LogP contribution in [0.3, 0.4) is 0 Å². The molecular formula is C15H16N2O3. The molecule has 5 nitrogen and oxygen atoms in total.